The smallest absolute Gasteiger partial charge is 0.341 e. The van der Waals surface area contributed by atoms with Gasteiger partial charge in [0.2, 0.25) is 0 Å². The SMILES string of the molecule is Cn1ncc(F)c1-c1cc(OC2CN(C(=O)N3N=CC[C@H]3c3cc(F)cc(F)c3)C2)c(F)cn1. The summed E-state index contributed by atoms with van der Waals surface area (Å²) in [4.78, 5) is 18.2. The molecule has 2 amide bonds. The van der Waals surface area contributed by atoms with Crippen molar-refractivity contribution in [1.29, 1.82) is 0 Å². The zero-order valence-electron chi connectivity index (χ0n) is 17.8. The Balaban J connectivity index is 1.25. The normalized spacial score (nSPS) is 17.9. The molecule has 1 atom stereocenters. The second-order valence-electron chi connectivity index (χ2n) is 7.99. The van der Waals surface area contributed by atoms with Crippen LogP contribution in [-0.2, 0) is 7.05 Å². The van der Waals surface area contributed by atoms with E-state index in [0.717, 1.165) is 18.5 Å². The fourth-order valence-corrected chi connectivity index (χ4v) is 3.98. The Morgan fingerprint density at radius 1 is 1.03 bits per heavy atom. The number of halogens is 4. The molecular weight excluding hydrogens is 456 g/mol. The molecule has 4 heterocycles. The Kier molecular flexibility index (Phi) is 5.42. The third-order valence-corrected chi connectivity index (χ3v) is 5.66. The number of ether oxygens (including phenoxy) is 1. The Morgan fingerprint density at radius 3 is 2.44 bits per heavy atom. The van der Waals surface area contributed by atoms with Gasteiger partial charge in [0.25, 0.3) is 0 Å². The molecule has 2 aliphatic rings. The number of amides is 2. The Labute approximate surface area is 191 Å². The molecule has 12 heteroatoms. The molecule has 2 aromatic heterocycles. The van der Waals surface area contributed by atoms with Crippen LogP contribution in [0.25, 0.3) is 11.4 Å². The number of likely N-dealkylation sites (tertiary alicyclic amines) is 1. The van der Waals surface area contributed by atoms with Crippen LogP contribution in [0.1, 0.15) is 18.0 Å². The second kappa shape index (κ2) is 8.43. The summed E-state index contributed by atoms with van der Waals surface area (Å²) in [5.74, 6) is -2.94. The van der Waals surface area contributed by atoms with E-state index >= 15 is 0 Å². The van der Waals surface area contributed by atoms with E-state index in [0.29, 0.717) is 12.0 Å². The minimum absolute atomic E-state index is 0.0852. The third-order valence-electron chi connectivity index (χ3n) is 5.66. The summed E-state index contributed by atoms with van der Waals surface area (Å²) in [6, 6.07) is 3.27. The van der Waals surface area contributed by atoms with E-state index in [1.54, 1.807) is 0 Å². The summed E-state index contributed by atoms with van der Waals surface area (Å²) < 4.78 is 62.5. The van der Waals surface area contributed by atoms with Crippen molar-refractivity contribution in [2.24, 2.45) is 12.1 Å². The standard InChI is InChI=1S/C22H18F4N6O2/c1-30-21(17(26)9-29-30)18-7-20(16(25)8-27-18)34-15-10-31(11-15)22(33)32-19(2-3-28-32)12-4-13(23)6-14(24)5-12/h3-9,15,19H,2,10-11H2,1H3/t19-/m0/s1. The number of pyridine rings is 1. The number of aryl methyl sites for hydroxylation is 1. The van der Waals surface area contributed by atoms with Gasteiger partial charge in [-0.25, -0.2) is 27.4 Å². The number of aromatic nitrogens is 3. The summed E-state index contributed by atoms with van der Waals surface area (Å²) in [6.07, 6.45) is 3.27. The van der Waals surface area contributed by atoms with Gasteiger partial charge in [-0.1, -0.05) is 0 Å². The molecule has 1 saturated heterocycles. The summed E-state index contributed by atoms with van der Waals surface area (Å²) in [5.41, 5.74) is 0.533. The minimum atomic E-state index is -0.739. The first kappa shape index (κ1) is 21.9. The molecule has 34 heavy (non-hydrogen) atoms. The van der Waals surface area contributed by atoms with E-state index in [1.165, 1.54) is 46.1 Å². The average molecular weight is 474 g/mol. The van der Waals surface area contributed by atoms with Crippen molar-refractivity contribution in [3.05, 3.63) is 65.5 Å². The predicted octanol–water partition coefficient (Wildman–Crippen LogP) is 3.65. The lowest BCUT2D eigenvalue weighted by molar-refractivity contribution is 0.0256. The van der Waals surface area contributed by atoms with Gasteiger partial charge in [0, 0.05) is 31.8 Å². The van der Waals surface area contributed by atoms with E-state index in [-0.39, 0.29) is 30.2 Å². The quantitative estimate of drug-likeness (QED) is 0.541. The molecule has 0 aliphatic carbocycles. The maximum atomic E-state index is 14.3. The third kappa shape index (κ3) is 3.95. The molecule has 0 spiro atoms. The van der Waals surface area contributed by atoms with Crippen LogP contribution in [-0.4, -0.2) is 56.1 Å². The Bertz CT molecular complexity index is 1250. The van der Waals surface area contributed by atoms with Gasteiger partial charge in [0.05, 0.1) is 37.2 Å². The van der Waals surface area contributed by atoms with E-state index in [4.69, 9.17) is 4.74 Å². The van der Waals surface area contributed by atoms with Gasteiger partial charge >= 0.3 is 6.03 Å². The molecule has 0 bridgehead atoms. The molecule has 1 aromatic carbocycles. The molecule has 176 valence electrons. The van der Waals surface area contributed by atoms with Gasteiger partial charge in [0.1, 0.15) is 23.4 Å². The van der Waals surface area contributed by atoms with Crippen LogP contribution in [0.5, 0.6) is 5.75 Å². The van der Waals surface area contributed by atoms with Crippen LogP contribution in [0.3, 0.4) is 0 Å². The van der Waals surface area contributed by atoms with Crippen molar-refractivity contribution >= 4 is 12.2 Å². The van der Waals surface area contributed by atoms with Crippen LogP contribution in [0.2, 0.25) is 0 Å². The van der Waals surface area contributed by atoms with E-state index < -0.39 is 41.4 Å². The topological polar surface area (TPSA) is 75.8 Å². The lowest BCUT2D eigenvalue weighted by Crippen LogP contribution is -2.58. The van der Waals surface area contributed by atoms with Crippen LogP contribution < -0.4 is 4.74 Å². The maximum Gasteiger partial charge on any atom is 0.341 e. The monoisotopic (exact) mass is 474 g/mol. The van der Waals surface area contributed by atoms with Crippen molar-refractivity contribution in [2.75, 3.05) is 13.1 Å². The highest BCUT2D eigenvalue weighted by atomic mass is 19.1. The largest absolute Gasteiger partial charge is 0.483 e. The van der Waals surface area contributed by atoms with Gasteiger partial charge in [-0.15, -0.1) is 0 Å². The van der Waals surface area contributed by atoms with Crippen LogP contribution >= 0.6 is 0 Å². The number of carbonyl (C=O) groups excluding carboxylic acids is 1. The Hall–Kier alpha value is -3.96. The Morgan fingerprint density at radius 2 is 1.76 bits per heavy atom. The molecule has 0 unspecified atom stereocenters. The molecule has 0 saturated carbocycles. The van der Waals surface area contributed by atoms with Gasteiger partial charge in [-0.3, -0.25) is 9.67 Å². The van der Waals surface area contributed by atoms with E-state index in [2.05, 4.69) is 15.2 Å². The van der Waals surface area contributed by atoms with Gasteiger partial charge in [-0.05, 0) is 17.7 Å². The molecular formula is C22H18F4N6O2. The summed E-state index contributed by atoms with van der Waals surface area (Å²) >= 11 is 0. The molecule has 0 radical (unpaired) electrons. The lowest BCUT2D eigenvalue weighted by Gasteiger charge is -2.41. The average Bonchev–Trinajstić information content (AvgIpc) is 3.37. The van der Waals surface area contributed by atoms with Crippen molar-refractivity contribution in [3.63, 3.8) is 0 Å². The number of hydrogen-bond acceptors (Lipinski definition) is 5. The molecule has 2 aliphatic heterocycles. The zero-order valence-corrected chi connectivity index (χ0v) is 17.8. The number of benzene rings is 1. The van der Waals surface area contributed by atoms with Crippen LogP contribution in [0, 0.1) is 23.3 Å². The first-order chi connectivity index (χ1) is 16.3. The van der Waals surface area contributed by atoms with Crippen molar-refractivity contribution in [1.82, 2.24) is 24.7 Å². The highest BCUT2D eigenvalue weighted by Crippen LogP contribution is 2.32. The number of hydrogen-bond donors (Lipinski definition) is 0. The highest BCUT2D eigenvalue weighted by molar-refractivity contribution is 5.79. The van der Waals surface area contributed by atoms with Gasteiger partial charge in [0.15, 0.2) is 17.4 Å². The number of carbonyl (C=O) groups is 1. The molecule has 5 rings (SSSR count). The predicted molar refractivity (Wildman–Crippen MR) is 112 cm³/mol. The first-order valence-corrected chi connectivity index (χ1v) is 10.4. The van der Waals surface area contributed by atoms with E-state index in [9.17, 15) is 22.4 Å². The number of nitrogens with zero attached hydrogens (tertiary/aromatic N) is 6. The zero-order chi connectivity index (χ0) is 24.0. The van der Waals surface area contributed by atoms with Crippen LogP contribution in [0.4, 0.5) is 22.4 Å². The number of rotatable bonds is 4. The fourth-order valence-electron chi connectivity index (χ4n) is 3.98. The van der Waals surface area contributed by atoms with Gasteiger partial charge < -0.3 is 9.64 Å². The summed E-state index contributed by atoms with van der Waals surface area (Å²) in [5, 5.41) is 9.02. The van der Waals surface area contributed by atoms with Crippen molar-refractivity contribution in [2.45, 2.75) is 18.6 Å². The number of urea groups is 1. The summed E-state index contributed by atoms with van der Waals surface area (Å²) in [7, 11) is 1.53. The second-order valence-corrected chi connectivity index (χ2v) is 7.99. The molecule has 3 aromatic rings. The van der Waals surface area contributed by atoms with Crippen molar-refractivity contribution in [3.8, 4) is 17.1 Å². The first-order valence-electron chi connectivity index (χ1n) is 10.4. The van der Waals surface area contributed by atoms with E-state index in [1.807, 2.05) is 0 Å². The highest BCUT2D eigenvalue weighted by Gasteiger charge is 2.39. The lowest BCUT2D eigenvalue weighted by atomic mass is 10.0. The molecule has 1 fully saturated rings. The maximum absolute atomic E-state index is 14.3. The van der Waals surface area contributed by atoms with Crippen molar-refractivity contribution < 1.29 is 27.1 Å². The van der Waals surface area contributed by atoms with Gasteiger partial charge in [-0.2, -0.15) is 10.2 Å². The molecule has 0 N–H and O–H groups in total. The number of hydrazone groups is 1. The fraction of sp³-hybridized carbons (Fsp3) is 0.273. The minimum Gasteiger partial charge on any atom is -0.483 e. The summed E-state index contributed by atoms with van der Waals surface area (Å²) in [6.45, 7) is 0.290. The van der Waals surface area contributed by atoms with Crippen LogP contribution in [0.15, 0.2) is 41.8 Å². The molecule has 8 nitrogen and oxygen atoms in total.